The summed E-state index contributed by atoms with van der Waals surface area (Å²) in [6, 6.07) is 0. The SMILES string of the molecule is CN1CCN(CCCNC(=O)CN2CCCNCC2)CC1. The summed E-state index contributed by atoms with van der Waals surface area (Å²) in [7, 11) is 2.18. The third kappa shape index (κ3) is 6.74. The van der Waals surface area contributed by atoms with Crippen LogP contribution in [0.5, 0.6) is 0 Å². The number of carbonyl (C=O) groups is 1. The van der Waals surface area contributed by atoms with E-state index in [0.717, 1.165) is 78.3 Å². The Labute approximate surface area is 128 Å². The van der Waals surface area contributed by atoms with Crippen LogP contribution in [0.25, 0.3) is 0 Å². The summed E-state index contributed by atoms with van der Waals surface area (Å²) in [6.45, 7) is 11.2. The van der Waals surface area contributed by atoms with Gasteiger partial charge in [0.2, 0.25) is 5.91 Å². The van der Waals surface area contributed by atoms with E-state index in [4.69, 9.17) is 0 Å². The van der Waals surface area contributed by atoms with Crippen molar-refractivity contribution < 1.29 is 4.79 Å². The van der Waals surface area contributed by atoms with Gasteiger partial charge in [-0.25, -0.2) is 0 Å². The summed E-state index contributed by atoms with van der Waals surface area (Å²) in [5.74, 6) is 0.176. The van der Waals surface area contributed by atoms with Crippen molar-refractivity contribution in [2.75, 3.05) is 79.0 Å². The molecule has 21 heavy (non-hydrogen) atoms. The summed E-state index contributed by atoms with van der Waals surface area (Å²) in [5, 5.41) is 6.42. The standard InChI is InChI=1S/C15H31N5O/c1-18-10-12-19(13-11-18)7-3-5-17-15(21)14-20-8-2-4-16-6-9-20/h16H,2-14H2,1H3,(H,17,21). The van der Waals surface area contributed by atoms with Crippen LogP contribution in [0.3, 0.4) is 0 Å². The van der Waals surface area contributed by atoms with Crippen molar-refractivity contribution in [3.63, 3.8) is 0 Å². The number of piperazine rings is 1. The van der Waals surface area contributed by atoms with Gasteiger partial charge in [0.25, 0.3) is 0 Å². The molecule has 0 unspecified atom stereocenters. The molecular weight excluding hydrogens is 266 g/mol. The maximum atomic E-state index is 11.9. The second kappa shape index (κ2) is 9.35. The smallest absolute Gasteiger partial charge is 0.234 e. The van der Waals surface area contributed by atoms with Gasteiger partial charge in [-0.1, -0.05) is 0 Å². The minimum Gasteiger partial charge on any atom is -0.355 e. The first-order chi connectivity index (χ1) is 10.2. The molecule has 2 aliphatic rings. The van der Waals surface area contributed by atoms with Gasteiger partial charge in [-0.3, -0.25) is 9.69 Å². The van der Waals surface area contributed by atoms with Gasteiger partial charge in [0.15, 0.2) is 0 Å². The van der Waals surface area contributed by atoms with Crippen molar-refractivity contribution >= 4 is 5.91 Å². The Morgan fingerprint density at radius 2 is 1.86 bits per heavy atom. The van der Waals surface area contributed by atoms with E-state index in [1.54, 1.807) is 0 Å². The van der Waals surface area contributed by atoms with Crippen LogP contribution in [-0.4, -0.2) is 99.6 Å². The van der Waals surface area contributed by atoms with Crippen molar-refractivity contribution in [2.45, 2.75) is 12.8 Å². The fourth-order valence-corrected chi connectivity index (χ4v) is 2.92. The number of hydrogen-bond acceptors (Lipinski definition) is 5. The van der Waals surface area contributed by atoms with E-state index < -0.39 is 0 Å². The predicted molar refractivity (Wildman–Crippen MR) is 85.5 cm³/mol. The highest BCUT2D eigenvalue weighted by Crippen LogP contribution is 1.99. The van der Waals surface area contributed by atoms with Crippen molar-refractivity contribution in [3.05, 3.63) is 0 Å². The summed E-state index contributed by atoms with van der Waals surface area (Å²) in [5.41, 5.74) is 0. The largest absolute Gasteiger partial charge is 0.355 e. The number of amides is 1. The van der Waals surface area contributed by atoms with Crippen LogP contribution in [0.15, 0.2) is 0 Å². The number of nitrogens with one attached hydrogen (secondary N) is 2. The Morgan fingerprint density at radius 3 is 2.67 bits per heavy atom. The van der Waals surface area contributed by atoms with Crippen molar-refractivity contribution in [1.29, 1.82) is 0 Å². The third-order valence-corrected chi connectivity index (χ3v) is 4.37. The molecule has 6 nitrogen and oxygen atoms in total. The molecule has 0 bridgehead atoms. The van der Waals surface area contributed by atoms with Crippen LogP contribution in [0, 0.1) is 0 Å². The molecule has 0 saturated carbocycles. The predicted octanol–water partition coefficient (Wildman–Crippen LogP) is -0.965. The molecule has 2 heterocycles. The minimum absolute atomic E-state index is 0.176. The Morgan fingerprint density at radius 1 is 1.05 bits per heavy atom. The molecule has 0 aliphatic carbocycles. The second-order valence-electron chi connectivity index (χ2n) is 6.23. The molecule has 2 aliphatic heterocycles. The van der Waals surface area contributed by atoms with Gasteiger partial charge in [0, 0.05) is 45.8 Å². The van der Waals surface area contributed by atoms with Crippen molar-refractivity contribution in [1.82, 2.24) is 25.3 Å². The monoisotopic (exact) mass is 297 g/mol. The fraction of sp³-hybridized carbons (Fsp3) is 0.933. The molecule has 0 aromatic rings. The van der Waals surface area contributed by atoms with E-state index in [0.29, 0.717) is 6.54 Å². The average molecular weight is 297 g/mol. The van der Waals surface area contributed by atoms with E-state index in [2.05, 4.69) is 32.4 Å². The van der Waals surface area contributed by atoms with Crippen molar-refractivity contribution in [2.24, 2.45) is 0 Å². The third-order valence-electron chi connectivity index (χ3n) is 4.37. The topological polar surface area (TPSA) is 50.9 Å². The highest BCUT2D eigenvalue weighted by atomic mass is 16.2. The summed E-state index contributed by atoms with van der Waals surface area (Å²) in [4.78, 5) is 19.0. The molecule has 6 heteroatoms. The lowest BCUT2D eigenvalue weighted by atomic mass is 10.3. The summed E-state index contributed by atoms with van der Waals surface area (Å²) >= 11 is 0. The lowest BCUT2D eigenvalue weighted by Gasteiger charge is -2.32. The van der Waals surface area contributed by atoms with Crippen LogP contribution < -0.4 is 10.6 Å². The maximum Gasteiger partial charge on any atom is 0.234 e. The molecule has 0 atom stereocenters. The van der Waals surface area contributed by atoms with Gasteiger partial charge >= 0.3 is 0 Å². The lowest BCUT2D eigenvalue weighted by Crippen LogP contribution is -2.45. The Hall–Kier alpha value is -0.690. The number of hydrogen-bond donors (Lipinski definition) is 2. The quantitative estimate of drug-likeness (QED) is 0.618. The molecular formula is C15H31N5O. The molecule has 0 spiro atoms. The minimum atomic E-state index is 0.176. The lowest BCUT2D eigenvalue weighted by molar-refractivity contribution is -0.122. The first kappa shape index (κ1) is 16.7. The fourth-order valence-electron chi connectivity index (χ4n) is 2.92. The maximum absolute atomic E-state index is 11.9. The van der Waals surface area contributed by atoms with Gasteiger partial charge < -0.3 is 20.4 Å². The Balaban J connectivity index is 1.50. The van der Waals surface area contributed by atoms with Gasteiger partial charge in [-0.2, -0.15) is 0 Å². The van der Waals surface area contributed by atoms with Crippen LogP contribution >= 0.6 is 0 Å². The van der Waals surface area contributed by atoms with Crippen LogP contribution in [0.4, 0.5) is 0 Å². The zero-order valence-corrected chi connectivity index (χ0v) is 13.4. The normalized spacial score (nSPS) is 22.9. The van der Waals surface area contributed by atoms with E-state index in [9.17, 15) is 4.79 Å². The van der Waals surface area contributed by atoms with E-state index in [-0.39, 0.29) is 5.91 Å². The van der Waals surface area contributed by atoms with Crippen LogP contribution in [-0.2, 0) is 4.79 Å². The molecule has 122 valence electrons. The first-order valence-corrected chi connectivity index (χ1v) is 8.35. The van der Waals surface area contributed by atoms with Gasteiger partial charge in [0.1, 0.15) is 0 Å². The van der Waals surface area contributed by atoms with Crippen LogP contribution in [0.2, 0.25) is 0 Å². The van der Waals surface area contributed by atoms with E-state index >= 15 is 0 Å². The van der Waals surface area contributed by atoms with Crippen LogP contribution in [0.1, 0.15) is 12.8 Å². The number of likely N-dealkylation sites (N-methyl/N-ethyl adjacent to an activating group) is 1. The van der Waals surface area contributed by atoms with E-state index in [1.807, 2.05) is 0 Å². The molecule has 0 aromatic heterocycles. The summed E-state index contributed by atoms with van der Waals surface area (Å²) in [6.07, 6.45) is 2.19. The highest BCUT2D eigenvalue weighted by Gasteiger charge is 2.14. The molecule has 2 saturated heterocycles. The molecule has 2 rings (SSSR count). The molecule has 2 fully saturated rings. The van der Waals surface area contributed by atoms with E-state index in [1.165, 1.54) is 0 Å². The van der Waals surface area contributed by atoms with Gasteiger partial charge in [0.05, 0.1) is 6.54 Å². The zero-order valence-electron chi connectivity index (χ0n) is 13.4. The highest BCUT2D eigenvalue weighted by molar-refractivity contribution is 5.77. The Bertz CT molecular complexity index is 296. The zero-order chi connectivity index (χ0) is 14.9. The number of nitrogens with zero attached hydrogens (tertiary/aromatic N) is 3. The molecule has 0 radical (unpaired) electrons. The number of rotatable bonds is 6. The molecule has 2 N–H and O–H groups in total. The van der Waals surface area contributed by atoms with Gasteiger partial charge in [-0.05, 0) is 39.5 Å². The second-order valence-corrected chi connectivity index (χ2v) is 6.23. The average Bonchev–Trinajstić information content (AvgIpc) is 2.74. The first-order valence-electron chi connectivity index (χ1n) is 8.35. The number of carbonyl (C=O) groups excluding carboxylic acids is 1. The summed E-state index contributed by atoms with van der Waals surface area (Å²) < 4.78 is 0. The van der Waals surface area contributed by atoms with Crippen molar-refractivity contribution in [3.8, 4) is 0 Å². The Kier molecular flexibility index (Phi) is 7.43. The molecule has 0 aromatic carbocycles. The van der Waals surface area contributed by atoms with Gasteiger partial charge in [-0.15, -0.1) is 0 Å². The molecule has 1 amide bonds.